The summed E-state index contributed by atoms with van der Waals surface area (Å²) in [6.45, 7) is 4.09. The van der Waals surface area contributed by atoms with Gasteiger partial charge in [0, 0.05) is 19.6 Å². The topological polar surface area (TPSA) is 78.9 Å². The number of aliphatic carboxylic acids is 1. The molecular weight excluding hydrogens is 248 g/mol. The van der Waals surface area contributed by atoms with Crippen LogP contribution in [0.4, 0.5) is 0 Å². The van der Waals surface area contributed by atoms with Gasteiger partial charge in [0.25, 0.3) is 0 Å². The van der Waals surface area contributed by atoms with Crippen molar-refractivity contribution in [3.05, 3.63) is 0 Å². The zero-order valence-electron chi connectivity index (χ0n) is 11.3. The van der Waals surface area contributed by atoms with E-state index in [9.17, 15) is 9.59 Å². The molecule has 6 heteroatoms. The molecule has 0 spiro atoms. The second kappa shape index (κ2) is 6.34. The third-order valence-corrected chi connectivity index (χ3v) is 3.82. The number of carbonyl (C=O) groups excluding carboxylic acids is 1. The zero-order valence-corrected chi connectivity index (χ0v) is 11.3. The Morgan fingerprint density at radius 2 is 2.05 bits per heavy atom. The second-order valence-electron chi connectivity index (χ2n) is 5.32. The number of likely N-dealkylation sites (tertiary alicyclic amines) is 1. The molecule has 0 radical (unpaired) electrons. The van der Waals surface area contributed by atoms with Gasteiger partial charge < -0.3 is 20.1 Å². The number of amides is 1. The number of carbonyl (C=O) groups is 2. The molecule has 2 aliphatic rings. The summed E-state index contributed by atoms with van der Waals surface area (Å²) in [6, 6.07) is -0.231. The molecule has 0 bridgehead atoms. The monoisotopic (exact) mass is 270 g/mol. The van der Waals surface area contributed by atoms with E-state index in [0.29, 0.717) is 13.0 Å². The van der Waals surface area contributed by atoms with Gasteiger partial charge in [0.05, 0.1) is 12.1 Å². The van der Waals surface area contributed by atoms with Gasteiger partial charge in [-0.15, -0.1) is 0 Å². The largest absolute Gasteiger partial charge is 0.479 e. The molecule has 2 N–H and O–H groups in total. The molecule has 2 aliphatic heterocycles. The average Bonchev–Trinajstić information content (AvgIpc) is 3.05. The van der Waals surface area contributed by atoms with E-state index in [0.717, 1.165) is 32.4 Å². The predicted octanol–water partition coefficient (Wildman–Crippen LogP) is 0.219. The standard InChI is InChI=1S/C13H22N2O4/c1-9(12(16)15-6-2-3-7-15)14-8-10-4-5-11(19-10)13(17)18/h9-11,14H,2-8H2,1H3,(H,17,18). The summed E-state index contributed by atoms with van der Waals surface area (Å²) < 4.78 is 5.39. The molecule has 3 unspecified atom stereocenters. The molecular formula is C13H22N2O4. The Hall–Kier alpha value is -1.14. The molecule has 108 valence electrons. The Balaban J connectivity index is 1.70. The van der Waals surface area contributed by atoms with Crippen LogP contribution in [0, 0.1) is 0 Å². The Morgan fingerprint density at radius 1 is 1.37 bits per heavy atom. The lowest BCUT2D eigenvalue weighted by Gasteiger charge is -2.22. The van der Waals surface area contributed by atoms with E-state index < -0.39 is 12.1 Å². The van der Waals surface area contributed by atoms with Gasteiger partial charge in [-0.25, -0.2) is 4.79 Å². The minimum absolute atomic E-state index is 0.102. The molecule has 0 aromatic heterocycles. The lowest BCUT2D eigenvalue weighted by atomic mass is 10.2. The van der Waals surface area contributed by atoms with Crippen molar-refractivity contribution in [3.8, 4) is 0 Å². The van der Waals surface area contributed by atoms with Crippen LogP contribution in [0.25, 0.3) is 0 Å². The first-order valence-corrected chi connectivity index (χ1v) is 6.98. The highest BCUT2D eigenvalue weighted by Gasteiger charge is 2.31. The van der Waals surface area contributed by atoms with Crippen LogP contribution < -0.4 is 5.32 Å². The fourth-order valence-corrected chi connectivity index (χ4v) is 2.64. The van der Waals surface area contributed by atoms with Gasteiger partial charge in [-0.2, -0.15) is 0 Å². The smallest absolute Gasteiger partial charge is 0.332 e. The highest BCUT2D eigenvalue weighted by atomic mass is 16.5. The van der Waals surface area contributed by atoms with Crippen LogP contribution in [0.15, 0.2) is 0 Å². The van der Waals surface area contributed by atoms with Crippen LogP contribution in [0.1, 0.15) is 32.6 Å². The van der Waals surface area contributed by atoms with E-state index in [1.807, 2.05) is 11.8 Å². The fraction of sp³-hybridized carbons (Fsp3) is 0.846. The molecule has 2 saturated heterocycles. The maximum Gasteiger partial charge on any atom is 0.332 e. The normalized spacial score (nSPS) is 28.6. The van der Waals surface area contributed by atoms with E-state index in [2.05, 4.69) is 5.32 Å². The number of nitrogens with one attached hydrogen (secondary N) is 1. The average molecular weight is 270 g/mol. The van der Waals surface area contributed by atoms with E-state index in [4.69, 9.17) is 9.84 Å². The number of carboxylic acid groups (broad SMARTS) is 1. The van der Waals surface area contributed by atoms with Crippen LogP contribution in [0.2, 0.25) is 0 Å². The summed E-state index contributed by atoms with van der Waals surface area (Å²) in [6.07, 6.45) is 2.67. The molecule has 2 heterocycles. The molecule has 0 aromatic carbocycles. The van der Waals surface area contributed by atoms with Gasteiger partial charge in [0.15, 0.2) is 6.10 Å². The summed E-state index contributed by atoms with van der Waals surface area (Å²) in [5.74, 6) is -0.769. The van der Waals surface area contributed by atoms with Gasteiger partial charge in [0.2, 0.25) is 5.91 Å². The van der Waals surface area contributed by atoms with Crippen molar-refractivity contribution in [2.45, 2.75) is 50.9 Å². The quantitative estimate of drug-likeness (QED) is 0.747. The van der Waals surface area contributed by atoms with Crippen molar-refractivity contribution in [1.29, 1.82) is 0 Å². The summed E-state index contributed by atoms with van der Waals surface area (Å²) in [5.41, 5.74) is 0. The molecule has 19 heavy (non-hydrogen) atoms. The highest BCUT2D eigenvalue weighted by Crippen LogP contribution is 2.19. The summed E-state index contributed by atoms with van der Waals surface area (Å²) in [7, 11) is 0. The Kier molecular flexibility index (Phi) is 4.76. The van der Waals surface area contributed by atoms with Crippen molar-refractivity contribution in [3.63, 3.8) is 0 Å². The number of nitrogens with zero attached hydrogens (tertiary/aromatic N) is 1. The minimum atomic E-state index is -0.899. The third kappa shape index (κ3) is 3.67. The molecule has 1 amide bonds. The van der Waals surface area contributed by atoms with Gasteiger partial charge in [0.1, 0.15) is 0 Å². The van der Waals surface area contributed by atoms with Crippen LogP contribution in [-0.2, 0) is 14.3 Å². The first-order valence-electron chi connectivity index (χ1n) is 6.98. The van der Waals surface area contributed by atoms with Crippen molar-refractivity contribution >= 4 is 11.9 Å². The number of rotatable bonds is 5. The fourth-order valence-electron chi connectivity index (χ4n) is 2.64. The predicted molar refractivity (Wildman–Crippen MR) is 68.8 cm³/mol. The molecule has 0 aromatic rings. The van der Waals surface area contributed by atoms with Crippen molar-refractivity contribution in [2.24, 2.45) is 0 Å². The lowest BCUT2D eigenvalue weighted by molar-refractivity contribution is -0.149. The molecule has 3 atom stereocenters. The lowest BCUT2D eigenvalue weighted by Crippen LogP contribution is -2.45. The van der Waals surface area contributed by atoms with E-state index in [1.165, 1.54) is 0 Å². The summed E-state index contributed by atoms with van der Waals surface area (Å²) >= 11 is 0. The zero-order chi connectivity index (χ0) is 13.8. The van der Waals surface area contributed by atoms with Gasteiger partial charge >= 0.3 is 5.97 Å². The maximum absolute atomic E-state index is 12.1. The van der Waals surface area contributed by atoms with Crippen LogP contribution in [0.3, 0.4) is 0 Å². The molecule has 2 fully saturated rings. The number of hydrogen-bond donors (Lipinski definition) is 2. The number of ether oxygens (including phenoxy) is 1. The second-order valence-corrected chi connectivity index (χ2v) is 5.32. The van der Waals surface area contributed by atoms with Gasteiger partial charge in [-0.3, -0.25) is 4.79 Å². The van der Waals surface area contributed by atoms with Crippen LogP contribution in [-0.4, -0.2) is 59.8 Å². The summed E-state index contributed by atoms with van der Waals surface area (Å²) in [5, 5.41) is 12.0. The van der Waals surface area contributed by atoms with Crippen LogP contribution in [0.5, 0.6) is 0 Å². The Morgan fingerprint density at radius 3 is 2.63 bits per heavy atom. The molecule has 0 saturated carbocycles. The van der Waals surface area contributed by atoms with Gasteiger partial charge in [-0.1, -0.05) is 0 Å². The van der Waals surface area contributed by atoms with Gasteiger partial charge in [-0.05, 0) is 32.6 Å². The van der Waals surface area contributed by atoms with Crippen molar-refractivity contribution in [2.75, 3.05) is 19.6 Å². The van der Waals surface area contributed by atoms with E-state index in [1.54, 1.807) is 0 Å². The first kappa shape index (κ1) is 14.3. The highest BCUT2D eigenvalue weighted by molar-refractivity contribution is 5.81. The third-order valence-electron chi connectivity index (χ3n) is 3.82. The number of carboxylic acids is 1. The minimum Gasteiger partial charge on any atom is -0.479 e. The molecule has 0 aliphatic carbocycles. The van der Waals surface area contributed by atoms with Crippen molar-refractivity contribution in [1.82, 2.24) is 10.2 Å². The van der Waals surface area contributed by atoms with Crippen LogP contribution >= 0.6 is 0 Å². The Labute approximate surface area is 113 Å². The van der Waals surface area contributed by atoms with E-state index in [-0.39, 0.29) is 18.1 Å². The first-order chi connectivity index (χ1) is 9.08. The van der Waals surface area contributed by atoms with E-state index >= 15 is 0 Å². The maximum atomic E-state index is 12.1. The number of hydrogen-bond acceptors (Lipinski definition) is 4. The Bertz CT molecular complexity index is 342. The summed E-state index contributed by atoms with van der Waals surface area (Å²) in [4.78, 5) is 24.7. The molecule has 6 nitrogen and oxygen atoms in total. The SMILES string of the molecule is CC(NCC1CCC(C(=O)O)O1)C(=O)N1CCCC1. The molecule has 2 rings (SSSR count). The van der Waals surface area contributed by atoms with Crippen molar-refractivity contribution < 1.29 is 19.4 Å².